The van der Waals surface area contributed by atoms with Crippen LogP contribution >= 0.6 is 22.9 Å². The van der Waals surface area contributed by atoms with Crippen molar-refractivity contribution in [2.75, 3.05) is 16.8 Å². The first kappa shape index (κ1) is 20.5. The van der Waals surface area contributed by atoms with Gasteiger partial charge in [0, 0.05) is 28.7 Å². The van der Waals surface area contributed by atoms with E-state index in [1.807, 2.05) is 6.07 Å². The second-order valence-corrected chi connectivity index (χ2v) is 8.70. The molecule has 1 aliphatic heterocycles. The molecule has 2 amide bonds. The molecule has 0 aliphatic carbocycles. The Bertz CT molecular complexity index is 1110. The number of nitrogens with one attached hydrogen (secondary N) is 1. The first-order chi connectivity index (χ1) is 14.4. The van der Waals surface area contributed by atoms with Crippen LogP contribution in [0.1, 0.15) is 38.4 Å². The largest absolute Gasteiger partial charge is 0.322 e. The van der Waals surface area contributed by atoms with Crippen LogP contribution in [0, 0.1) is 11.6 Å². The van der Waals surface area contributed by atoms with E-state index in [0.29, 0.717) is 28.2 Å². The summed E-state index contributed by atoms with van der Waals surface area (Å²) in [5, 5.41) is 2.55. The molecule has 0 bridgehead atoms. The van der Waals surface area contributed by atoms with Crippen LogP contribution in [0.5, 0.6) is 0 Å². The van der Waals surface area contributed by atoms with Gasteiger partial charge >= 0.3 is 0 Å². The second kappa shape index (κ2) is 8.53. The lowest BCUT2D eigenvalue weighted by atomic mass is 10.1. The molecular weight excluding hydrogens is 430 g/mol. The number of fused-ring (bicyclic) bond motifs is 1. The number of carbonyl (C=O) groups is 2. The Morgan fingerprint density at radius 2 is 1.80 bits per heavy atom. The van der Waals surface area contributed by atoms with Crippen molar-refractivity contribution >= 4 is 46.1 Å². The number of rotatable bonds is 3. The zero-order valence-corrected chi connectivity index (χ0v) is 17.3. The van der Waals surface area contributed by atoms with Crippen molar-refractivity contribution in [2.24, 2.45) is 0 Å². The molecule has 0 spiro atoms. The van der Waals surface area contributed by atoms with E-state index in [2.05, 4.69) is 5.32 Å². The van der Waals surface area contributed by atoms with Crippen LogP contribution in [0.4, 0.5) is 20.2 Å². The molecule has 30 heavy (non-hydrogen) atoms. The average molecular weight is 447 g/mol. The van der Waals surface area contributed by atoms with E-state index in [0.717, 1.165) is 42.0 Å². The molecule has 4 nitrogen and oxygen atoms in total. The fraction of sp³-hybridized carbons (Fsp3) is 0.182. The minimum atomic E-state index is -0.939. The number of hydrogen-bond donors (Lipinski definition) is 1. The molecule has 4 rings (SSSR count). The van der Waals surface area contributed by atoms with Gasteiger partial charge in [0.25, 0.3) is 11.8 Å². The van der Waals surface area contributed by atoms with Gasteiger partial charge in [0.2, 0.25) is 0 Å². The highest BCUT2D eigenvalue weighted by Crippen LogP contribution is 2.37. The third-order valence-electron chi connectivity index (χ3n) is 4.89. The normalized spacial score (nSPS) is 13.5. The lowest BCUT2D eigenvalue weighted by Crippen LogP contribution is -2.31. The van der Waals surface area contributed by atoms with Gasteiger partial charge in [-0.2, -0.15) is 0 Å². The molecule has 3 aromatic rings. The molecule has 2 heterocycles. The van der Waals surface area contributed by atoms with Crippen molar-refractivity contribution < 1.29 is 18.4 Å². The van der Waals surface area contributed by atoms with Crippen LogP contribution in [-0.2, 0) is 6.42 Å². The first-order valence-corrected chi connectivity index (χ1v) is 10.6. The van der Waals surface area contributed by atoms with E-state index in [-0.39, 0.29) is 11.5 Å². The number of amides is 2. The van der Waals surface area contributed by atoms with E-state index in [4.69, 9.17) is 11.6 Å². The molecule has 0 saturated heterocycles. The van der Waals surface area contributed by atoms with Crippen molar-refractivity contribution in [1.29, 1.82) is 0 Å². The number of benzene rings is 2. The van der Waals surface area contributed by atoms with Crippen LogP contribution < -0.4 is 10.2 Å². The Labute approximate surface area is 181 Å². The number of anilines is 2. The average Bonchev–Trinajstić information content (AvgIpc) is 2.97. The number of halogens is 3. The molecule has 0 saturated carbocycles. The highest BCUT2D eigenvalue weighted by Gasteiger charge is 2.24. The van der Waals surface area contributed by atoms with Gasteiger partial charge in [0.1, 0.15) is 11.6 Å². The Kier molecular flexibility index (Phi) is 5.83. The number of hydrogen-bond acceptors (Lipinski definition) is 3. The third kappa shape index (κ3) is 4.22. The summed E-state index contributed by atoms with van der Waals surface area (Å²) in [7, 11) is 0. The van der Waals surface area contributed by atoms with E-state index >= 15 is 0 Å². The van der Waals surface area contributed by atoms with Crippen molar-refractivity contribution in [1.82, 2.24) is 0 Å². The number of carbonyl (C=O) groups excluding carboxylic acids is 2. The number of nitrogens with zero attached hydrogens (tertiary/aromatic N) is 1. The molecule has 8 heteroatoms. The predicted octanol–water partition coefficient (Wildman–Crippen LogP) is 5.92. The Balaban J connectivity index is 1.51. The maximum absolute atomic E-state index is 13.8. The van der Waals surface area contributed by atoms with E-state index in [9.17, 15) is 18.4 Å². The van der Waals surface area contributed by atoms with Crippen molar-refractivity contribution in [3.05, 3.63) is 80.5 Å². The van der Waals surface area contributed by atoms with Gasteiger partial charge in [-0.1, -0.05) is 11.6 Å². The molecule has 1 N–H and O–H groups in total. The maximum Gasteiger partial charge on any atom is 0.258 e. The van der Waals surface area contributed by atoms with Crippen molar-refractivity contribution in [3.8, 4) is 0 Å². The molecule has 1 aromatic heterocycles. The minimum Gasteiger partial charge on any atom is -0.322 e. The van der Waals surface area contributed by atoms with Crippen LogP contribution in [0.3, 0.4) is 0 Å². The Hall–Kier alpha value is -2.77. The Morgan fingerprint density at radius 1 is 1.03 bits per heavy atom. The van der Waals surface area contributed by atoms with Gasteiger partial charge < -0.3 is 10.2 Å². The minimum absolute atomic E-state index is 0.143. The van der Waals surface area contributed by atoms with Gasteiger partial charge in [-0.25, -0.2) is 8.78 Å². The van der Waals surface area contributed by atoms with Gasteiger partial charge in [0.05, 0.1) is 15.6 Å². The first-order valence-electron chi connectivity index (χ1n) is 9.39. The second-order valence-electron chi connectivity index (χ2n) is 6.93. The zero-order chi connectivity index (χ0) is 21.3. The lowest BCUT2D eigenvalue weighted by molar-refractivity contribution is 0.0985. The molecule has 0 unspecified atom stereocenters. The summed E-state index contributed by atoms with van der Waals surface area (Å²) in [6.45, 7) is 0.612. The van der Waals surface area contributed by atoms with Gasteiger partial charge in [0.15, 0.2) is 0 Å². The highest BCUT2D eigenvalue weighted by molar-refractivity contribution is 7.16. The maximum atomic E-state index is 13.8. The number of aryl methyl sites for hydroxylation is 1. The molecule has 2 aromatic carbocycles. The summed E-state index contributed by atoms with van der Waals surface area (Å²) in [6, 6.07) is 11.0. The van der Waals surface area contributed by atoms with Gasteiger partial charge in [-0.05, 0) is 61.7 Å². The van der Waals surface area contributed by atoms with E-state index in [1.165, 1.54) is 11.3 Å². The quantitative estimate of drug-likeness (QED) is 0.543. The summed E-state index contributed by atoms with van der Waals surface area (Å²) in [5.41, 5.74) is 1.46. The third-order valence-corrected chi connectivity index (χ3v) is 6.21. The predicted molar refractivity (Wildman–Crippen MR) is 115 cm³/mol. The summed E-state index contributed by atoms with van der Waals surface area (Å²) in [5.74, 6) is -2.53. The van der Waals surface area contributed by atoms with Crippen molar-refractivity contribution in [3.63, 3.8) is 0 Å². The molecule has 0 atom stereocenters. The molecule has 0 fully saturated rings. The SMILES string of the molecule is O=C(Nc1ccc(C(=O)N2CCCCc3sc(Cl)cc32)cc1)c1ccc(F)cc1F. The van der Waals surface area contributed by atoms with Crippen LogP contribution in [0.25, 0.3) is 0 Å². The van der Waals surface area contributed by atoms with Crippen LogP contribution in [0.2, 0.25) is 4.34 Å². The molecule has 0 radical (unpaired) electrons. The van der Waals surface area contributed by atoms with Crippen LogP contribution in [-0.4, -0.2) is 18.4 Å². The lowest BCUT2D eigenvalue weighted by Gasteiger charge is -2.21. The highest BCUT2D eigenvalue weighted by atomic mass is 35.5. The van der Waals surface area contributed by atoms with Crippen molar-refractivity contribution in [2.45, 2.75) is 19.3 Å². The summed E-state index contributed by atoms with van der Waals surface area (Å²) >= 11 is 7.65. The monoisotopic (exact) mass is 446 g/mol. The molecule has 1 aliphatic rings. The molecular formula is C22H17ClF2N2O2S. The number of thiophene rings is 1. The summed E-state index contributed by atoms with van der Waals surface area (Å²) < 4.78 is 27.5. The summed E-state index contributed by atoms with van der Waals surface area (Å²) in [4.78, 5) is 28.2. The Morgan fingerprint density at radius 3 is 2.53 bits per heavy atom. The topological polar surface area (TPSA) is 49.4 Å². The van der Waals surface area contributed by atoms with Gasteiger partial charge in [-0.15, -0.1) is 11.3 Å². The fourth-order valence-electron chi connectivity index (χ4n) is 3.41. The van der Waals surface area contributed by atoms with E-state index < -0.39 is 17.5 Å². The van der Waals surface area contributed by atoms with Gasteiger partial charge in [-0.3, -0.25) is 9.59 Å². The fourth-order valence-corrected chi connectivity index (χ4v) is 4.71. The molecule has 154 valence electrons. The van der Waals surface area contributed by atoms with E-state index in [1.54, 1.807) is 29.2 Å². The smallest absolute Gasteiger partial charge is 0.258 e. The van der Waals surface area contributed by atoms with Crippen LogP contribution in [0.15, 0.2) is 48.5 Å². The standard InChI is InChI=1S/C22H17ClF2N2O2S/c23-20-12-18-19(30-20)3-1-2-10-27(18)22(29)13-4-7-15(8-5-13)26-21(28)16-9-6-14(24)11-17(16)25/h4-9,11-12H,1-3,10H2,(H,26,28). The summed E-state index contributed by atoms with van der Waals surface area (Å²) in [6.07, 6.45) is 2.81. The zero-order valence-electron chi connectivity index (χ0n) is 15.8.